The molecule has 41 heavy (non-hydrogen) atoms. The molecule has 0 N–H and O–H groups in total. The van der Waals surface area contributed by atoms with E-state index in [1.807, 2.05) is 42.2 Å². The molecule has 0 unspecified atom stereocenters. The summed E-state index contributed by atoms with van der Waals surface area (Å²) < 4.78 is 80.2. The van der Waals surface area contributed by atoms with Crippen molar-refractivity contribution < 1.29 is 35.9 Å². The number of benzene rings is 2. The van der Waals surface area contributed by atoms with Crippen molar-refractivity contribution in [1.29, 1.82) is 0 Å². The molecule has 2 aliphatic heterocycles. The van der Waals surface area contributed by atoms with Crippen LogP contribution < -0.4 is 4.90 Å². The summed E-state index contributed by atoms with van der Waals surface area (Å²) in [5.41, 5.74) is -2.23. The maximum Gasteiger partial charge on any atom is 0.416 e. The van der Waals surface area contributed by atoms with Crippen molar-refractivity contribution >= 4 is 17.5 Å². The Bertz CT molecular complexity index is 1420. The number of pyridine rings is 1. The molecule has 1 aromatic heterocycles. The molecular weight excluding hydrogens is 550 g/mol. The van der Waals surface area contributed by atoms with Gasteiger partial charge in [0.05, 0.1) is 17.8 Å². The van der Waals surface area contributed by atoms with Gasteiger partial charge in [-0.15, -0.1) is 0 Å². The highest BCUT2D eigenvalue weighted by molar-refractivity contribution is 5.96. The predicted molar refractivity (Wildman–Crippen MR) is 138 cm³/mol. The molecule has 1 spiro atoms. The first kappa shape index (κ1) is 28.4. The SMILES string of the molecule is Cc1ccccc1N1CN(Cc2cccnc2)C(=O)C12CCN(C(=O)c1cc(C(F)(F)F)cc(C(F)(F)F)c1)CC2. The zero-order chi connectivity index (χ0) is 29.6. The summed E-state index contributed by atoms with van der Waals surface area (Å²) in [6, 6.07) is 12.1. The largest absolute Gasteiger partial charge is 0.416 e. The number of hydrogen-bond donors (Lipinski definition) is 0. The molecule has 2 amide bonds. The highest BCUT2D eigenvalue weighted by atomic mass is 19.4. The monoisotopic (exact) mass is 576 g/mol. The van der Waals surface area contributed by atoms with Crippen LogP contribution in [-0.4, -0.2) is 51.9 Å². The number of rotatable bonds is 4. The van der Waals surface area contributed by atoms with Gasteiger partial charge in [0.1, 0.15) is 5.54 Å². The van der Waals surface area contributed by atoms with E-state index in [4.69, 9.17) is 0 Å². The van der Waals surface area contributed by atoms with Gasteiger partial charge < -0.3 is 14.7 Å². The summed E-state index contributed by atoms with van der Waals surface area (Å²) in [4.78, 5) is 36.2. The van der Waals surface area contributed by atoms with Crippen LogP contribution in [0.5, 0.6) is 0 Å². The van der Waals surface area contributed by atoms with Crippen molar-refractivity contribution in [3.63, 3.8) is 0 Å². The molecule has 3 heterocycles. The van der Waals surface area contributed by atoms with Crippen LogP contribution in [-0.2, 0) is 23.7 Å². The van der Waals surface area contributed by atoms with E-state index >= 15 is 0 Å². The number of anilines is 1. The van der Waals surface area contributed by atoms with Crippen molar-refractivity contribution in [2.45, 2.75) is 44.2 Å². The standard InChI is InChI=1S/C29H26F6N4O2/c1-19-5-2-3-7-24(19)39-18-38(17-20-6-4-10-36-16-20)26(41)27(39)8-11-37(12-9-27)25(40)21-13-22(28(30,31)32)15-23(14-21)29(33,34)35/h2-7,10,13-16H,8-9,11-12,17-18H2,1H3. The van der Waals surface area contributed by atoms with Gasteiger partial charge in [-0.2, -0.15) is 26.3 Å². The van der Waals surface area contributed by atoms with E-state index in [1.165, 1.54) is 4.90 Å². The number of halogens is 6. The summed E-state index contributed by atoms with van der Waals surface area (Å²) >= 11 is 0. The van der Waals surface area contributed by atoms with Crippen LogP contribution in [0.3, 0.4) is 0 Å². The zero-order valence-electron chi connectivity index (χ0n) is 22.0. The van der Waals surface area contributed by atoms with Gasteiger partial charge in [0, 0.05) is 43.3 Å². The van der Waals surface area contributed by atoms with Gasteiger partial charge in [-0.3, -0.25) is 14.6 Å². The Balaban J connectivity index is 1.43. The third-order valence-electron chi connectivity index (χ3n) is 7.73. The van der Waals surface area contributed by atoms with Crippen molar-refractivity contribution in [2.24, 2.45) is 0 Å². The zero-order valence-corrected chi connectivity index (χ0v) is 22.0. The van der Waals surface area contributed by atoms with Crippen LogP contribution in [0.4, 0.5) is 32.0 Å². The number of alkyl halides is 6. The van der Waals surface area contributed by atoms with Crippen LogP contribution in [0.1, 0.15) is 45.5 Å². The third-order valence-corrected chi connectivity index (χ3v) is 7.73. The quantitative estimate of drug-likeness (QED) is 0.363. The van der Waals surface area contributed by atoms with E-state index in [9.17, 15) is 35.9 Å². The Labute approximate surface area is 232 Å². The van der Waals surface area contributed by atoms with Gasteiger partial charge in [0.2, 0.25) is 5.91 Å². The van der Waals surface area contributed by atoms with E-state index in [-0.39, 0.29) is 44.6 Å². The van der Waals surface area contributed by atoms with Crippen molar-refractivity contribution in [2.75, 3.05) is 24.7 Å². The minimum absolute atomic E-state index is 0.00388. The number of nitrogens with zero attached hydrogens (tertiary/aromatic N) is 4. The fourth-order valence-corrected chi connectivity index (χ4v) is 5.61. The van der Waals surface area contributed by atoms with Gasteiger partial charge in [-0.1, -0.05) is 24.3 Å². The Morgan fingerprint density at radius 1 is 0.927 bits per heavy atom. The van der Waals surface area contributed by atoms with Crippen molar-refractivity contribution in [1.82, 2.24) is 14.8 Å². The van der Waals surface area contributed by atoms with Gasteiger partial charge >= 0.3 is 12.4 Å². The molecule has 12 heteroatoms. The van der Waals surface area contributed by atoms with E-state index in [2.05, 4.69) is 4.98 Å². The lowest BCUT2D eigenvalue weighted by molar-refractivity contribution is -0.143. The number of amides is 2. The average Bonchev–Trinajstić information content (AvgIpc) is 3.18. The van der Waals surface area contributed by atoms with Crippen LogP contribution >= 0.6 is 0 Å². The Morgan fingerprint density at radius 2 is 1.56 bits per heavy atom. The number of aromatic nitrogens is 1. The Hall–Kier alpha value is -4.09. The van der Waals surface area contributed by atoms with Crippen molar-refractivity contribution in [3.05, 3.63) is 94.8 Å². The van der Waals surface area contributed by atoms with Gasteiger partial charge in [0.25, 0.3) is 5.91 Å². The first-order chi connectivity index (χ1) is 19.3. The minimum atomic E-state index is -5.07. The lowest BCUT2D eigenvalue weighted by atomic mass is 9.84. The fraction of sp³-hybridized carbons (Fsp3) is 0.345. The van der Waals surface area contributed by atoms with Gasteiger partial charge in [0.15, 0.2) is 0 Å². The smallest absolute Gasteiger partial charge is 0.339 e. The number of aryl methyl sites for hydroxylation is 1. The molecule has 0 aliphatic carbocycles. The molecular formula is C29H26F6N4O2. The molecule has 0 saturated carbocycles. The fourth-order valence-electron chi connectivity index (χ4n) is 5.61. The lowest BCUT2D eigenvalue weighted by Gasteiger charge is -2.43. The highest BCUT2D eigenvalue weighted by Crippen LogP contribution is 2.42. The van der Waals surface area contributed by atoms with E-state index in [1.54, 1.807) is 23.4 Å². The molecule has 216 valence electrons. The summed E-state index contributed by atoms with van der Waals surface area (Å²) in [6.45, 7) is 2.46. The van der Waals surface area contributed by atoms with Crippen molar-refractivity contribution in [3.8, 4) is 0 Å². The number of likely N-dealkylation sites (tertiary alicyclic amines) is 1. The molecule has 5 rings (SSSR count). The number of carbonyl (C=O) groups excluding carboxylic acids is 2. The maximum absolute atomic E-state index is 13.9. The van der Waals surface area contributed by atoms with Crippen LogP contribution in [0.25, 0.3) is 0 Å². The van der Waals surface area contributed by atoms with E-state index in [0.29, 0.717) is 18.7 Å². The second kappa shape index (κ2) is 10.4. The maximum atomic E-state index is 13.9. The third kappa shape index (κ3) is 5.47. The summed E-state index contributed by atoms with van der Waals surface area (Å²) in [7, 11) is 0. The normalized spacial score (nSPS) is 17.4. The van der Waals surface area contributed by atoms with E-state index in [0.717, 1.165) is 16.8 Å². The Kier molecular flexibility index (Phi) is 7.20. The molecule has 2 aliphatic rings. The molecule has 2 fully saturated rings. The second-order valence-electron chi connectivity index (χ2n) is 10.3. The highest BCUT2D eigenvalue weighted by Gasteiger charge is 2.54. The predicted octanol–water partition coefficient (Wildman–Crippen LogP) is 5.91. The van der Waals surface area contributed by atoms with Crippen LogP contribution in [0, 0.1) is 6.92 Å². The summed E-state index contributed by atoms with van der Waals surface area (Å²) in [5, 5.41) is 0. The first-order valence-electron chi connectivity index (χ1n) is 12.9. The first-order valence-corrected chi connectivity index (χ1v) is 12.9. The molecule has 6 nitrogen and oxygen atoms in total. The molecule has 3 aromatic rings. The average molecular weight is 577 g/mol. The Morgan fingerprint density at radius 3 is 2.12 bits per heavy atom. The number of carbonyl (C=O) groups is 2. The summed E-state index contributed by atoms with van der Waals surface area (Å²) in [5.74, 6) is -1.10. The number of piperidine rings is 1. The second-order valence-corrected chi connectivity index (χ2v) is 10.3. The lowest BCUT2D eigenvalue weighted by Crippen LogP contribution is -2.57. The topological polar surface area (TPSA) is 56.8 Å². The van der Waals surface area contributed by atoms with Gasteiger partial charge in [-0.05, 0) is 61.2 Å². The molecule has 0 radical (unpaired) electrons. The molecule has 2 aromatic carbocycles. The number of para-hydroxylation sites is 1. The molecule has 0 atom stereocenters. The van der Waals surface area contributed by atoms with E-state index < -0.39 is 40.5 Å². The summed E-state index contributed by atoms with van der Waals surface area (Å²) in [6.07, 6.45) is -6.52. The molecule has 0 bridgehead atoms. The number of hydrogen-bond acceptors (Lipinski definition) is 4. The minimum Gasteiger partial charge on any atom is -0.339 e. The van der Waals surface area contributed by atoms with Gasteiger partial charge in [-0.25, -0.2) is 0 Å². The molecule has 2 saturated heterocycles. The van der Waals surface area contributed by atoms with Crippen LogP contribution in [0.2, 0.25) is 0 Å². The van der Waals surface area contributed by atoms with Crippen LogP contribution in [0.15, 0.2) is 67.0 Å².